The second-order valence-electron chi connectivity index (χ2n) is 6.09. The quantitative estimate of drug-likeness (QED) is 0.657. The highest BCUT2D eigenvalue weighted by Gasteiger charge is 2.24. The summed E-state index contributed by atoms with van der Waals surface area (Å²) in [5.74, 6) is -0.524. The zero-order chi connectivity index (χ0) is 20.4. The number of fused-ring (bicyclic) bond motifs is 1. The molecule has 0 aliphatic heterocycles. The van der Waals surface area contributed by atoms with E-state index in [0.717, 1.165) is 11.3 Å². The van der Waals surface area contributed by atoms with Crippen molar-refractivity contribution in [2.24, 2.45) is 0 Å². The fourth-order valence-corrected chi connectivity index (χ4v) is 3.81. The summed E-state index contributed by atoms with van der Waals surface area (Å²) in [5, 5.41) is 13.5. The standard InChI is InChI=1S/C19H19N3O5S/c1-4-14-21-17-15(13(9-28-17)19(25)26)18(24)22(14)10(2)16(23)20-11-5-7-12(27-3)8-6-11/h5-10H,4H2,1-3H3,(H,20,23)(H,25,26). The highest BCUT2D eigenvalue weighted by Crippen LogP contribution is 2.23. The Hall–Kier alpha value is -3.20. The molecule has 0 aliphatic rings. The van der Waals surface area contributed by atoms with Gasteiger partial charge in [0, 0.05) is 17.5 Å². The third kappa shape index (κ3) is 3.48. The minimum absolute atomic E-state index is 0.0267. The number of aromatic carboxylic acids is 1. The molecule has 3 aromatic rings. The van der Waals surface area contributed by atoms with Crippen LogP contribution in [-0.2, 0) is 11.2 Å². The van der Waals surface area contributed by atoms with Crippen molar-refractivity contribution in [3.63, 3.8) is 0 Å². The number of anilines is 1. The van der Waals surface area contributed by atoms with Crippen LogP contribution in [0, 0.1) is 0 Å². The molecule has 2 heterocycles. The molecule has 2 aromatic heterocycles. The van der Waals surface area contributed by atoms with Crippen molar-refractivity contribution in [3.05, 3.63) is 51.4 Å². The normalized spacial score (nSPS) is 12.0. The maximum absolute atomic E-state index is 13.0. The topological polar surface area (TPSA) is 111 Å². The fourth-order valence-electron chi connectivity index (χ4n) is 2.89. The van der Waals surface area contributed by atoms with Gasteiger partial charge < -0.3 is 15.2 Å². The first-order valence-corrected chi connectivity index (χ1v) is 9.46. The van der Waals surface area contributed by atoms with Crippen LogP contribution in [0.5, 0.6) is 5.75 Å². The van der Waals surface area contributed by atoms with Crippen molar-refractivity contribution in [1.29, 1.82) is 0 Å². The number of methoxy groups -OCH3 is 1. The van der Waals surface area contributed by atoms with E-state index in [1.165, 1.54) is 9.95 Å². The lowest BCUT2D eigenvalue weighted by molar-refractivity contribution is -0.118. The summed E-state index contributed by atoms with van der Waals surface area (Å²) in [5.41, 5.74) is -0.0749. The van der Waals surface area contributed by atoms with E-state index < -0.39 is 23.5 Å². The SMILES string of the molecule is CCc1nc2scc(C(=O)O)c2c(=O)n1C(C)C(=O)Nc1ccc(OC)cc1. The van der Waals surface area contributed by atoms with Crippen LogP contribution in [0.2, 0.25) is 0 Å². The number of aromatic nitrogens is 2. The molecule has 1 aromatic carbocycles. The van der Waals surface area contributed by atoms with Gasteiger partial charge in [0.15, 0.2) is 0 Å². The molecule has 146 valence electrons. The number of carboxylic acids is 1. The predicted molar refractivity (Wildman–Crippen MR) is 107 cm³/mol. The van der Waals surface area contributed by atoms with Gasteiger partial charge in [0.2, 0.25) is 5.91 Å². The summed E-state index contributed by atoms with van der Waals surface area (Å²) < 4.78 is 6.35. The van der Waals surface area contributed by atoms with Gasteiger partial charge in [-0.15, -0.1) is 11.3 Å². The average molecular weight is 401 g/mol. The fraction of sp³-hybridized carbons (Fsp3) is 0.263. The molecule has 1 amide bonds. The Morgan fingerprint density at radius 1 is 1.32 bits per heavy atom. The van der Waals surface area contributed by atoms with Crippen LogP contribution < -0.4 is 15.6 Å². The van der Waals surface area contributed by atoms with Gasteiger partial charge in [-0.2, -0.15) is 0 Å². The molecular formula is C19H19N3O5S. The molecule has 3 rings (SSSR count). The van der Waals surface area contributed by atoms with Crippen LogP contribution in [0.15, 0.2) is 34.4 Å². The molecule has 9 heteroatoms. The molecular weight excluding hydrogens is 382 g/mol. The maximum Gasteiger partial charge on any atom is 0.337 e. The van der Waals surface area contributed by atoms with E-state index >= 15 is 0 Å². The Balaban J connectivity index is 2.01. The first-order valence-electron chi connectivity index (χ1n) is 8.58. The van der Waals surface area contributed by atoms with E-state index in [2.05, 4.69) is 10.3 Å². The highest BCUT2D eigenvalue weighted by atomic mass is 32.1. The third-order valence-corrected chi connectivity index (χ3v) is 5.26. The number of hydrogen-bond donors (Lipinski definition) is 2. The summed E-state index contributed by atoms with van der Waals surface area (Å²) >= 11 is 1.10. The predicted octanol–water partition coefficient (Wildman–Crippen LogP) is 2.93. The Morgan fingerprint density at radius 3 is 2.57 bits per heavy atom. The lowest BCUT2D eigenvalue weighted by Crippen LogP contribution is -2.34. The summed E-state index contributed by atoms with van der Waals surface area (Å²) in [6.07, 6.45) is 0.422. The Labute approximate surface area is 164 Å². The molecule has 2 N–H and O–H groups in total. The highest BCUT2D eigenvalue weighted by molar-refractivity contribution is 7.17. The number of aryl methyl sites for hydroxylation is 1. The molecule has 0 aliphatic carbocycles. The largest absolute Gasteiger partial charge is 0.497 e. The summed E-state index contributed by atoms with van der Waals surface area (Å²) in [6, 6.07) is 5.93. The van der Waals surface area contributed by atoms with Crippen molar-refractivity contribution in [1.82, 2.24) is 9.55 Å². The first-order chi connectivity index (χ1) is 13.4. The van der Waals surface area contributed by atoms with Gasteiger partial charge in [-0.05, 0) is 31.2 Å². The number of hydrogen-bond acceptors (Lipinski definition) is 6. The Bertz CT molecular complexity index is 1100. The van der Waals surface area contributed by atoms with Gasteiger partial charge in [-0.3, -0.25) is 14.2 Å². The van der Waals surface area contributed by atoms with Crippen molar-refractivity contribution >= 4 is 39.1 Å². The average Bonchev–Trinajstić information content (AvgIpc) is 3.12. The van der Waals surface area contributed by atoms with Gasteiger partial charge in [-0.1, -0.05) is 6.92 Å². The van der Waals surface area contributed by atoms with E-state index in [4.69, 9.17) is 4.74 Å². The molecule has 8 nitrogen and oxygen atoms in total. The number of rotatable bonds is 6. The number of nitrogens with zero attached hydrogens (tertiary/aromatic N) is 2. The number of benzene rings is 1. The van der Waals surface area contributed by atoms with Crippen molar-refractivity contribution in [2.45, 2.75) is 26.3 Å². The number of ether oxygens (including phenoxy) is 1. The molecule has 0 spiro atoms. The van der Waals surface area contributed by atoms with E-state index in [1.807, 2.05) is 6.92 Å². The van der Waals surface area contributed by atoms with Crippen LogP contribution in [-0.4, -0.2) is 33.6 Å². The molecule has 1 atom stereocenters. The molecule has 0 saturated heterocycles. The molecule has 0 radical (unpaired) electrons. The monoisotopic (exact) mass is 401 g/mol. The number of carbonyl (C=O) groups is 2. The smallest absolute Gasteiger partial charge is 0.337 e. The zero-order valence-corrected chi connectivity index (χ0v) is 16.4. The Kier molecular flexibility index (Phi) is 5.46. The number of carboxylic acid groups (broad SMARTS) is 1. The first kappa shape index (κ1) is 19.6. The van der Waals surface area contributed by atoms with Crippen LogP contribution in [0.1, 0.15) is 36.1 Å². The van der Waals surface area contributed by atoms with Crippen molar-refractivity contribution < 1.29 is 19.4 Å². The summed E-state index contributed by atoms with van der Waals surface area (Å²) in [4.78, 5) is 42.0. The van der Waals surface area contributed by atoms with Crippen LogP contribution in [0.3, 0.4) is 0 Å². The van der Waals surface area contributed by atoms with E-state index in [1.54, 1.807) is 38.3 Å². The van der Waals surface area contributed by atoms with Gasteiger partial charge in [0.1, 0.15) is 22.4 Å². The molecule has 0 bridgehead atoms. The van der Waals surface area contributed by atoms with Gasteiger partial charge in [0.25, 0.3) is 5.56 Å². The van der Waals surface area contributed by atoms with E-state index in [-0.39, 0.29) is 10.9 Å². The zero-order valence-electron chi connectivity index (χ0n) is 15.6. The van der Waals surface area contributed by atoms with Gasteiger partial charge >= 0.3 is 5.97 Å². The summed E-state index contributed by atoms with van der Waals surface area (Å²) in [6.45, 7) is 3.41. The molecule has 1 unspecified atom stereocenters. The molecule has 0 saturated carbocycles. The second-order valence-corrected chi connectivity index (χ2v) is 6.94. The minimum Gasteiger partial charge on any atom is -0.497 e. The van der Waals surface area contributed by atoms with Crippen molar-refractivity contribution in [3.8, 4) is 5.75 Å². The van der Waals surface area contributed by atoms with Crippen LogP contribution in [0.25, 0.3) is 10.2 Å². The minimum atomic E-state index is -1.20. The van der Waals surface area contributed by atoms with Gasteiger partial charge in [-0.25, -0.2) is 9.78 Å². The number of thiophene rings is 1. The number of carbonyl (C=O) groups excluding carboxylic acids is 1. The number of nitrogens with one attached hydrogen (secondary N) is 1. The van der Waals surface area contributed by atoms with E-state index in [0.29, 0.717) is 28.5 Å². The third-order valence-electron chi connectivity index (χ3n) is 4.38. The number of amides is 1. The Morgan fingerprint density at radius 2 is 2.00 bits per heavy atom. The molecule has 28 heavy (non-hydrogen) atoms. The summed E-state index contributed by atoms with van der Waals surface area (Å²) in [7, 11) is 1.55. The maximum atomic E-state index is 13.0. The van der Waals surface area contributed by atoms with E-state index in [9.17, 15) is 19.5 Å². The van der Waals surface area contributed by atoms with Crippen LogP contribution in [0.4, 0.5) is 5.69 Å². The lowest BCUT2D eigenvalue weighted by Gasteiger charge is -2.18. The van der Waals surface area contributed by atoms with Gasteiger partial charge in [0.05, 0.1) is 18.1 Å². The lowest BCUT2D eigenvalue weighted by atomic mass is 10.2. The second kappa shape index (κ2) is 7.81. The molecule has 0 fully saturated rings. The van der Waals surface area contributed by atoms with Crippen molar-refractivity contribution in [2.75, 3.05) is 12.4 Å². The van der Waals surface area contributed by atoms with Crippen LogP contribution >= 0.6 is 11.3 Å².